The van der Waals surface area contributed by atoms with Crippen molar-refractivity contribution < 1.29 is 42.3 Å². The van der Waals surface area contributed by atoms with Crippen molar-refractivity contribution in [3.05, 3.63) is 51.3 Å². The molecule has 8 heteroatoms. The molecule has 0 unspecified atom stereocenters. The summed E-state index contributed by atoms with van der Waals surface area (Å²) >= 11 is 0. The van der Waals surface area contributed by atoms with E-state index in [1.54, 1.807) is 0 Å². The minimum absolute atomic E-state index is 0. The fourth-order valence-electron chi connectivity index (χ4n) is 1.27. The van der Waals surface area contributed by atoms with Gasteiger partial charge in [-0.15, -0.1) is 0 Å². The van der Waals surface area contributed by atoms with Gasteiger partial charge >= 0.3 is 50.1 Å². The molecule has 0 aromatic heterocycles. The van der Waals surface area contributed by atoms with Crippen LogP contribution >= 0.6 is 7.81 Å². The summed E-state index contributed by atoms with van der Waals surface area (Å²) in [5.74, 6) is 0. The van der Waals surface area contributed by atoms with Gasteiger partial charge in [0.2, 0.25) is 0 Å². The number of hydrogen-bond donors (Lipinski definition) is 0. The van der Waals surface area contributed by atoms with E-state index in [1.807, 2.05) is 36.4 Å². The second-order valence-electron chi connectivity index (χ2n) is 3.88. The van der Waals surface area contributed by atoms with E-state index < -0.39 is 7.81 Å². The number of benzene rings is 1. The van der Waals surface area contributed by atoms with Crippen LogP contribution in [0.4, 0.5) is 25.2 Å². The molecule has 0 nitrogen and oxygen atoms in total. The van der Waals surface area contributed by atoms with Gasteiger partial charge in [-0.3, -0.25) is 0 Å². The zero-order valence-corrected chi connectivity index (χ0v) is 14.1. The molecule has 1 aromatic carbocycles. The summed E-state index contributed by atoms with van der Waals surface area (Å²) in [6.45, 7) is 0. The van der Waals surface area contributed by atoms with E-state index >= 15 is 0 Å². The summed E-state index contributed by atoms with van der Waals surface area (Å²) in [5.41, 5.74) is 0. The Morgan fingerprint density at radius 2 is 0.571 bits per heavy atom. The molecule has 0 bridgehead atoms. The summed E-state index contributed by atoms with van der Waals surface area (Å²) in [4.78, 5) is 0. The molecule has 1 fully saturated rings. The molecular formula is C13H22F6FeP-. The van der Waals surface area contributed by atoms with E-state index in [9.17, 15) is 25.2 Å². The van der Waals surface area contributed by atoms with E-state index in [2.05, 4.69) is 0 Å². The van der Waals surface area contributed by atoms with Gasteiger partial charge in [-0.05, 0) is 0 Å². The fourth-order valence-corrected chi connectivity index (χ4v) is 1.27. The van der Waals surface area contributed by atoms with Crippen molar-refractivity contribution >= 4 is 7.81 Å². The third-order valence-corrected chi connectivity index (χ3v) is 1.92. The molecule has 0 saturated heterocycles. The SMILES string of the molecule is C1CCCC1.F[P-](F)(F)(F)(F)F.[CH3-].[CH3-].[Fe+2].c1ccccc1. The van der Waals surface area contributed by atoms with Gasteiger partial charge in [0.1, 0.15) is 0 Å². The molecule has 1 aliphatic carbocycles. The van der Waals surface area contributed by atoms with Crippen LogP contribution in [0.25, 0.3) is 0 Å². The predicted octanol–water partition coefficient (Wildman–Crippen LogP) is 7.92. The Hall–Kier alpha value is -0.251. The first-order chi connectivity index (χ1) is 7.95. The van der Waals surface area contributed by atoms with Crippen molar-refractivity contribution in [2.45, 2.75) is 32.1 Å². The molecule has 0 heterocycles. The molecule has 1 aromatic rings. The van der Waals surface area contributed by atoms with Crippen LogP contribution in [0, 0.1) is 14.9 Å². The minimum Gasteiger partial charge on any atom is -0.358 e. The van der Waals surface area contributed by atoms with Crippen LogP contribution in [-0.2, 0) is 17.1 Å². The van der Waals surface area contributed by atoms with Crippen LogP contribution in [0.3, 0.4) is 0 Å². The van der Waals surface area contributed by atoms with E-state index in [1.165, 1.54) is 32.1 Å². The Labute approximate surface area is 134 Å². The second kappa shape index (κ2) is 10.5. The maximum atomic E-state index is 9.87. The normalized spacial score (nSPS) is 15.7. The van der Waals surface area contributed by atoms with Gasteiger partial charge in [-0.1, -0.05) is 68.5 Å². The number of rotatable bonds is 0. The molecule has 0 aliphatic heterocycles. The smallest absolute Gasteiger partial charge is 0.358 e. The van der Waals surface area contributed by atoms with Gasteiger partial charge in [0.15, 0.2) is 0 Å². The maximum Gasteiger partial charge on any atom is 2.00 e. The monoisotopic (exact) mass is 379 g/mol. The zero-order valence-electron chi connectivity index (χ0n) is 12.1. The van der Waals surface area contributed by atoms with E-state index in [-0.39, 0.29) is 31.9 Å². The summed E-state index contributed by atoms with van der Waals surface area (Å²) in [7, 11) is -10.7. The summed E-state index contributed by atoms with van der Waals surface area (Å²) in [6.07, 6.45) is 7.50. The van der Waals surface area contributed by atoms with Crippen LogP contribution in [0.15, 0.2) is 36.4 Å². The molecule has 1 saturated carbocycles. The van der Waals surface area contributed by atoms with Gasteiger partial charge in [-0.25, -0.2) is 0 Å². The largest absolute Gasteiger partial charge is 2.00 e. The maximum absolute atomic E-state index is 10.7. The van der Waals surface area contributed by atoms with Crippen molar-refractivity contribution in [2.75, 3.05) is 0 Å². The third-order valence-electron chi connectivity index (χ3n) is 1.92. The van der Waals surface area contributed by atoms with Gasteiger partial charge < -0.3 is 14.9 Å². The van der Waals surface area contributed by atoms with Gasteiger partial charge in [0.05, 0.1) is 0 Å². The Morgan fingerprint density at radius 3 is 0.667 bits per heavy atom. The molecule has 0 N–H and O–H groups in total. The molecule has 130 valence electrons. The Balaban J connectivity index is -0.0000000970. The fraction of sp³-hybridized carbons (Fsp3) is 0.385. The Bertz CT molecular complexity index is 274. The summed E-state index contributed by atoms with van der Waals surface area (Å²) in [6, 6.07) is 12.0. The van der Waals surface area contributed by atoms with E-state index in [4.69, 9.17) is 0 Å². The Morgan fingerprint density at radius 1 is 0.476 bits per heavy atom. The molecule has 2 rings (SSSR count). The van der Waals surface area contributed by atoms with Crippen molar-refractivity contribution in [1.29, 1.82) is 0 Å². The quantitative estimate of drug-likeness (QED) is 0.186. The summed E-state index contributed by atoms with van der Waals surface area (Å²) < 4.78 is 59.2. The van der Waals surface area contributed by atoms with Gasteiger partial charge in [-0.2, -0.15) is 0 Å². The first-order valence-corrected chi connectivity index (χ1v) is 7.54. The molecule has 0 atom stereocenters. The zero-order chi connectivity index (χ0) is 14.2. The molecule has 0 amide bonds. The minimum atomic E-state index is -10.7. The van der Waals surface area contributed by atoms with Crippen LogP contribution in [0.1, 0.15) is 32.1 Å². The molecular weight excluding hydrogens is 357 g/mol. The first-order valence-electron chi connectivity index (χ1n) is 5.51. The number of halogens is 6. The molecule has 1 aliphatic rings. The van der Waals surface area contributed by atoms with Crippen molar-refractivity contribution in [3.63, 3.8) is 0 Å². The molecule has 21 heavy (non-hydrogen) atoms. The summed E-state index contributed by atoms with van der Waals surface area (Å²) in [5, 5.41) is 0. The molecule has 0 spiro atoms. The van der Waals surface area contributed by atoms with Crippen molar-refractivity contribution in [2.24, 2.45) is 0 Å². The first kappa shape index (κ1) is 28.8. The van der Waals surface area contributed by atoms with Crippen LogP contribution in [0.5, 0.6) is 0 Å². The third kappa shape index (κ3) is 53.8. The van der Waals surface area contributed by atoms with Crippen LogP contribution in [-0.4, -0.2) is 0 Å². The van der Waals surface area contributed by atoms with Crippen LogP contribution < -0.4 is 0 Å². The van der Waals surface area contributed by atoms with Crippen molar-refractivity contribution in [3.8, 4) is 0 Å². The predicted molar refractivity (Wildman–Crippen MR) is 75.9 cm³/mol. The number of hydrogen-bond acceptors (Lipinski definition) is 0. The molecule has 0 radical (unpaired) electrons. The average molecular weight is 379 g/mol. The topological polar surface area (TPSA) is 0 Å². The Kier molecular flexibility index (Phi) is 14.4. The van der Waals surface area contributed by atoms with Crippen LogP contribution in [0.2, 0.25) is 0 Å². The standard InChI is InChI=1S/C6H6.C5H10.2CH3.F6P.Fe/c1-2-4-6-5-3-1;1-2-4-5-3-1;;;1-7(2,3,4,5)6;/h1-6H;1-5H2;2*1H3;;/q;;3*-1;+2. The van der Waals surface area contributed by atoms with Gasteiger partial charge in [0, 0.05) is 0 Å². The van der Waals surface area contributed by atoms with Crippen molar-refractivity contribution in [1.82, 2.24) is 0 Å². The van der Waals surface area contributed by atoms with E-state index in [0.29, 0.717) is 0 Å². The second-order valence-corrected chi connectivity index (χ2v) is 5.80. The van der Waals surface area contributed by atoms with Gasteiger partial charge in [0.25, 0.3) is 0 Å². The van der Waals surface area contributed by atoms with E-state index in [0.717, 1.165) is 0 Å². The average Bonchev–Trinajstić information content (AvgIpc) is 2.73.